The third kappa shape index (κ3) is 8.37. The van der Waals surface area contributed by atoms with Crippen LogP contribution in [0, 0.1) is 11.8 Å². The van der Waals surface area contributed by atoms with Crippen LogP contribution in [0.5, 0.6) is 5.88 Å². The van der Waals surface area contributed by atoms with Crippen molar-refractivity contribution in [1.29, 1.82) is 0 Å². The van der Waals surface area contributed by atoms with E-state index in [1.54, 1.807) is 31.2 Å². The number of hydrogen-bond donors (Lipinski definition) is 3. The van der Waals surface area contributed by atoms with Crippen molar-refractivity contribution in [2.75, 3.05) is 6.54 Å². The van der Waals surface area contributed by atoms with Crippen molar-refractivity contribution in [3.63, 3.8) is 0 Å². The minimum absolute atomic E-state index is 0.0462. The minimum Gasteiger partial charge on any atom is -0.470 e. The summed E-state index contributed by atoms with van der Waals surface area (Å²) < 4.78 is 80.9. The highest BCUT2D eigenvalue weighted by Crippen LogP contribution is 2.48. The molecule has 63 heavy (non-hydrogen) atoms. The predicted octanol–water partition coefficient (Wildman–Crippen LogP) is 6.48. The SMILES string of the molecule is CC1(S(=O)(=O)NC(=O)C23CC2/C=C\CCCCCC(NC(=O)C2CCCC2)C(=O)N2CC(Oc4nc(-c5ccc(C(F)(F)F)cc5)nc5c4oc4ccccc45)CC2C(=O)N3)CC1. The summed E-state index contributed by atoms with van der Waals surface area (Å²) in [5, 5.41) is 6.48. The maximum atomic E-state index is 14.8. The van der Waals surface area contributed by atoms with Crippen molar-refractivity contribution in [3.8, 4) is 17.3 Å². The molecule has 5 unspecified atom stereocenters. The summed E-state index contributed by atoms with van der Waals surface area (Å²) in [6.07, 6.45) is 5.50. The number of hydrogen-bond acceptors (Lipinski definition) is 10. The number of alkyl halides is 3. The van der Waals surface area contributed by atoms with Gasteiger partial charge in [0.05, 0.1) is 16.9 Å². The van der Waals surface area contributed by atoms with Crippen LogP contribution in [0.25, 0.3) is 33.5 Å². The Morgan fingerprint density at radius 2 is 1.70 bits per heavy atom. The van der Waals surface area contributed by atoms with Crippen LogP contribution in [-0.4, -0.2) is 81.9 Å². The number of carbonyl (C=O) groups is 4. The maximum Gasteiger partial charge on any atom is 0.416 e. The molecule has 1 saturated heterocycles. The number of amides is 4. The molecule has 4 fully saturated rings. The molecule has 4 amide bonds. The van der Waals surface area contributed by atoms with Gasteiger partial charge in [-0.05, 0) is 82.6 Å². The fourth-order valence-corrected chi connectivity index (χ4v) is 10.5. The van der Waals surface area contributed by atoms with Crippen molar-refractivity contribution in [2.45, 2.75) is 125 Å². The first-order chi connectivity index (χ1) is 30.0. The van der Waals surface area contributed by atoms with Crippen LogP contribution in [0.2, 0.25) is 0 Å². The van der Waals surface area contributed by atoms with Gasteiger partial charge in [-0.1, -0.05) is 62.1 Å². The smallest absolute Gasteiger partial charge is 0.416 e. The van der Waals surface area contributed by atoms with Gasteiger partial charge in [0.25, 0.3) is 11.8 Å². The fourth-order valence-electron chi connectivity index (χ4n) is 9.16. The van der Waals surface area contributed by atoms with Crippen LogP contribution < -0.4 is 20.1 Å². The summed E-state index contributed by atoms with van der Waals surface area (Å²) in [7, 11) is -4.06. The normalized spacial score (nSPS) is 27.1. The van der Waals surface area contributed by atoms with E-state index in [4.69, 9.17) is 9.15 Å². The van der Waals surface area contributed by atoms with Gasteiger partial charge in [0.2, 0.25) is 33.3 Å². The average molecular weight is 891 g/mol. The van der Waals surface area contributed by atoms with Gasteiger partial charge in [0, 0.05) is 29.2 Å². The molecule has 18 heteroatoms. The van der Waals surface area contributed by atoms with Crippen LogP contribution in [0.3, 0.4) is 0 Å². The molecule has 0 spiro atoms. The molecule has 5 aliphatic rings. The number of halogens is 3. The third-order valence-electron chi connectivity index (χ3n) is 13.5. The number of nitrogens with one attached hydrogen (secondary N) is 3. The van der Waals surface area contributed by atoms with Gasteiger partial charge in [-0.15, -0.1) is 0 Å². The summed E-state index contributed by atoms with van der Waals surface area (Å²) in [4.78, 5) is 67.7. The topological polar surface area (TPSA) is 190 Å². The number of nitrogens with zero attached hydrogens (tertiary/aromatic N) is 3. The molecule has 4 heterocycles. The van der Waals surface area contributed by atoms with E-state index in [-0.39, 0.29) is 54.1 Å². The summed E-state index contributed by atoms with van der Waals surface area (Å²) in [5.41, 5.74) is -1.26. The Bertz CT molecular complexity index is 2610. The Morgan fingerprint density at radius 3 is 2.43 bits per heavy atom. The van der Waals surface area contributed by atoms with Gasteiger partial charge in [-0.3, -0.25) is 23.9 Å². The first-order valence-corrected chi connectivity index (χ1v) is 23.2. The largest absolute Gasteiger partial charge is 0.470 e. The second-order valence-electron chi connectivity index (χ2n) is 17.9. The molecule has 0 radical (unpaired) electrons. The monoisotopic (exact) mass is 890 g/mol. The highest BCUT2D eigenvalue weighted by Gasteiger charge is 2.63. The van der Waals surface area contributed by atoms with E-state index in [1.807, 2.05) is 12.2 Å². The summed E-state index contributed by atoms with van der Waals surface area (Å²) in [6.45, 7) is 1.41. The second kappa shape index (κ2) is 16.2. The van der Waals surface area contributed by atoms with Gasteiger partial charge >= 0.3 is 6.18 Å². The molecule has 3 N–H and O–H groups in total. The molecule has 3 aliphatic carbocycles. The molecule has 2 aromatic carbocycles. The molecule has 14 nitrogen and oxygen atoms in total. The lowest BCUT2D eigenvalue weighted by atomic mass is 10.0. The molecule has 9 rings (SSSR count). The van der Waals surface area contributed by atoms with E-state index < -0.39 is 73.9 Å². The molecule has 2 aliphatic heterocycles. The highest BCUT2D eigenvalue weighted by atomic mass is 32.2. The van der Waals surface area contributed by atoms with Crippen LogP contribution in [-0.2, 0) is 35.4 Å². The average Bonchev–Trinajstić information content (AvgIpc) is 3.88. The highest BCUT2D eigenvalue weighted by molar-refractivity contribution is 7.91. The number of para-hydroxylation sites is 1. The molecule has 2 aromatic heterocycles. The quantitative estimate of drug-likeness (QED) is 0.165. The number of rotatable bonds is 8. The molecular formula is C45H49F3N6O8S. The number of allylic oxidation sites excluding steroid dienone is 1. The first kappa shape index (κ1) is 42.8. The van der Waals surface area contributed by atoms with Gasteiger partial charge in [-0.2, -0.15) is 18.2 Å². The summed E-state index contributed by atoms with van der Waals surface area (Å²) in [6, 6.07) is 9.22. The number of sulfonamides is 1. The summed E-state index contributed by atoms with van der Waals surface area (Å²) >= 11 is 0. The standard InChI is InChI=1S/C45H49F3N6O8S/c1-43(21-22-43)63(59,60)53-42(58)44-24-29(44)13-5-3-2-4-6-15-32(49-38(55)27-11-7-8-12-27)41(57)54-25-30(23-33(54)39(56)52-44)61-40-36-35(31-14-9-10-16-34(31)62-36)50-37(51-40)26-17-19-28(20-18-26)45(46,47)48/h5,9-10,13-14,16-20,27,29-30,32-33H,2-4,6-8,11-12,15,21-25H2,1H3,(H,49,55)(H,52,56)(H,53,58)/b13-5-. The van der Waals surface area contributed by atoms with Gasteiger partial charge < -0.3 is 24.7 Å². The lowest BCUT2D eigenvalue weighted by molar-refractivity contribution is -0.143. The second-order valence-corrected chi connectivity index (χ2v) is 20.1. The first-order valence-electron chi connectivity index (χ1n) is 21.8. The van der Waals surface area contributed by atoms with Crippen LogP contribution in [0.1, 0.15) is 96.0 Å². The number of ether oxygens (including phenoxy) is 1. The Hall–Kier alpha value is -5.52. The predicted molar refractivity (Wildman–Crippen MR) is 224 cm³/mol. The fraction of sp³-hybridized carbons (Fsp3) is 0.511. The van der Waals surface area contributed by atoms with Crippen LogP contribution >= 0.6 is 0 Å². The maximum absolute atomic E-state index is 14.8. The molecule has 5 atom stereocenters. The van der Waals surface area contributed by atoms with Gasteiger partial charge in [-0.25, -0.2) is 13.4 Å². The number of carbonyl (C=O) groups excluding carboxylic acids is 4. The van der Waals surface area contributed by atoms with Crippen molar-refractivity contribution in [2.24, 2.45) is 11.8 Å². The lowest BCUT2D eigenvalue weighted by Crippen LogP contribution is -2.58. The third-order valence-corrected chi connectivity index (χ3v) is 15.6. The van der Waals surface area contributed by atoms with Crippen molar-refractivity contribution in [1.82, 2.24) is 30.2 Å². The van der Waals surface area contributed by atoms with Gasteiger partial charge in [0.1, 0.15) is 34.8 Å². The van der Waals surface area contributed by atoms with E-state index in [0.717, 1.165) is 37.8 Å². The molecular weight excluding hydrogens is 842 g/mol. The Morgan fingerprint density at radius 1 is 0.968 bits per heavy atom. The van der Waals surface area contributed by atoms with Crippen molar-refractivity contribution in [3.05, 3.63) is 66.2 Å². The molecule has 3 saturated carbocycles. The van der Waals surface area contributed by atoms with E-state index in [2.05, 4.69) is 25.3 Å². The number of fused-ring (bicyclic) bond motifs is 5. The van der Waals surface area contributed by atoms with E-state index in [9.17, 15) is 40.8 Å². The van der Waals surface area contributed by atoms with Crippen LogP contribution in [0.4, 0.5) is 13.2 Å². The Balaban J connectivity index is 1.06. The molecule has 0 bridgehead atoms. The number of furan rings is 1. The van der Waals surface area contributed by atoms with E-state index in [1.165, 1.54) is 17.0 Å². The van der Waals surface area contributed by atoms with Crippen LogP contribution in [0.15, 0.2) is 65.1 Å². The number of aromatic nitrogens is 2. The zero-order chi connectivity index (χ0) is 44.3. The van der Waals surface area contributed by atoms with Crippen molar-refractivity contribution >= 4 is 55.7 Å². The molecule has 334 valence electrons. The lowest BCUT2D eigenvalue weighted by Gasteiger charge is -2.30. The van der Waals surface area contributed by atoms with E-state index >= 15 is 0 Å². The Labute approximate surface area is 361 Å². The Kier molecular flexibility index (Phi) is 11.0. The van der Waals surface area contributed by atoms with Crippen molar-refractivity contribution < 1.29 is 49.9 Å². The zero-order valence-electron chi connectivity index (χ0n) is 34.7. The molecule has 4 aromatic rings. The zero-order valence-corrected chi connectivity index (χ0v) is 35.5. The summed E-state index contributed by atoms with van der Waals surface area (Å²) in [5.74, 6) is -3.02. The minimum atomic E-state index is -4.56. The van der Waals surface area contributed by atoms with E-state index in [0.29, 0.717) is 61.4 Å². The number of benzene rings is 2. The van der Waals surface area contributed by atoms with Gasteiger partial charge in [0.15, 0.2) is 5.82 Å².